The lowest BCUT2D eigenvalue weighted by atomic mass is 10.1. The van der Waals surface area contributed by atoms with E-state index in [0.29, 0.717) is 44.1 Å². The summed E-state index contributed by atoms with van der Waals surface area (Å²) < 4.78 is 12.5. The van der Waals surface area contributed by atoms with E-state index in [1.165, 1.54) is 0 Å². The second kappa shape index (κ2) is 7.87. The molecule has 1 aromatic carbocycles. The normalized spacial score (nSPS) is 21.8. The Hall–Kier alpha value is -2.87. The van der Waals surface area contributed by atoms with Crippen molar-refractivity contribution in [3.8, 4) is 5.75 Å². The van der Waals surface area contributed by atoms with Gasteiger partial charge in [0.1, 0.15) is 11.4 Å². The molecule has 2 aromatic rings. The highest BCUT2D eigenvalue weighted by molar-refractivity contribution is 5.98. The lowest BCUT2D eigenvalue weighted by Crippen LogP contribution is -2.48. The summed E-state index contributed by atoms with van der Waals surface area (Å²) in [6.07, 6.45) is -0.0249. The summed E-state index contributed by atoms with van der Waals surface area (Å²) in [5.41, 5.74) is 1.81. The Morgan fingerprint density at radius 3 is 2.52 bits per heavy atom. The van der Waals surface area contributed by atoms with Crippen LogP contribution in [0.3, 0.4) is 0 Å². The van der Waals surface area contributed by atoms with Crippen molar-refractivity contribution in [1.29, 1.82) is 0 Å². The maximum atomic E-state index is 13.0. The zero-order chi connectivity index (χ0) is 20.5. The van der Waals surface area contributed by atoms with Crippen molar-refractivity contribution in [2.75, 3.05) is 26.7 Å². The van der Waals surface area contributed by atoms with Crippen LogP contribution in [-0.4, -0.2) is 70.3 Å². The molecule has 154 valence electrons. The van der Waals surface area contributed by atoms with E-state index in [9.17, 15) is 9.59 Å². The Morgan fingerprint density at radius 1 is 1.17 bits per heavy atom. The molecule has 1 fully saturated rings. The Bertz CT molecular complexity index is 898. The summed E-state index contributed by atoms with van der Waals surface area (Å²) in [5.74, 6) is 0.525. The van der Waals surface area contributed by atoms with E-state index in [-0.39, 0.29) is 24.0 Å². The van der Waals surface area contributed by atoms with Crippen LogP contribution in [-0.2, 0) is 17.8 Å². The number of hydrogen-bond acceptors (Lipinski definition) is 5. The van der Waals surface area contributed by atoms with Crippen LogP contribution in [0.2, 0.25) is 0 Å². The minimum absolute atomic E-state index is 0.0124. The zero-order valence-electron chi connectivity index (χ0n) is 17.0. The number of benzene rings is 1. The molecule has 0 spiro atoms. The molecule has 1 aromatic heterocycles. The third-order valence-electron chi connectivity index (χ3n) is 5.33. The number of methoxy groups -OCH3 is 1. The predicted octanol–water partition coefficient (Wildman–Crippen LogP) is 1.80. The van der Waals surface area contributed by atoms with Crippen LogP contribution >= 0.6 is 0 Å². The molecule has 2 aliphatic heterocycles. The lowest BCUT2D eigenvalue weighted by molar-refractivity contribution is -0.0587. The van der Waals surface area contributed by atoms with Gasteiger partial charge in [-0.05, 0) is 31.5 Å². The molecule has 1 saturated heterocycles. The van der Waals surface area contributed by atoms with Gasteiger partial charge in [-0.2, -0.15) is 5.10 Å². The first kappa shape index (κ1) is 19.4. The van der Waals surface area contributed by atoms with Crippen molar-refractivity contribution in [1.82, 2.24) is 19.6 Å². The van der Waals surface area contributed by atoms with Crippen LogP contribution in [0.5, 0.6) is 5.75 Å². The number of hydrogen-bond donors (Lipinski definition) is 0. The monoisotopic (exact) mass is 398 g/mol. The molecule has 0 unspecified atom stereocenters. The number of morpholine rings is 1. The third-order valence-corrected chi connectivity index (χ3v) is 5.33. The van der Waals surface area contributed by atoms with E-state index in [0.717, 1.165) is 11.3 Å². The van der Waals surface area contributed by atoms with E-state index in [4.69, 9.17) is 9.47 Å². The van der Waals surface area contributed by atoms with Gasteiger partial charge in [0.25, 0.3) is 11.8 Å². The van der Waals surface area contributed by atoms with E-state index in [1.54, 1.807) is 27.7 Å². The first-order chi connectivity index (χ1) is 13.9. The Kier molecular flexibility index (Phi) is 5.27. The summed E-state index contributed by atoms with van der Waals surface area (Å²) in [6.45, 7) is 6.60. The molecule has 0 radical (unpaired) electrons. The van der Waals surface area contributed by atoms with Gasteiger partial charge in [-0.25, -0.2) is 0 Å². The molecule has 8 heteroatoms. The van der Waals surface area contributed by atoms with Gasteiger partial charge in [-0.15, -0.1) is 0 Å². The number of nitrogens with zero attached hydrogens (tertiary/aromatic N) is 4. The van der Waals surface area contributed by atoms with E-state index in [1.807, 2.05) is 38.1 Å². The second-order valence-electron chi connectivity index (χ2n) is 7.68. The highest BCUT2D eigenvalue weighted by atomic mass is 16.5. The summed E-state index contributed by atoms with van der Waals surface area (Å²) in [7, 11) is 1.63. The number of carbonyl (C=O) groups is 2. The molecule has 0 aliphatic carbocycles. The number of rotatable bonds is 4. The fourth-order valence-electron chi connectivity index (χ4n) is 3.95. The Labute approximate surface area is 170 Å². The smallest absolute Gasteiger partial charge is 0.274 e. The van der Waals surface area contributed by atoms with Gasteiger partial charge < -0.3 is 19.3 Å². The zero-order valence-corrected chi connectivity index (χ0v) is 17.0. The fourth-order valence-corrected chi connectivity index (χ4v) is 3.95. The molecule has 0 bridgehead atoms. The van der Waals surface area contributed by atoms with Crippen LogP contribution in [0.4, 0.5) is 0 Å². The number of ether oxygens (including phenoxy) is 2. The van der Waals surface area contributed by atoms with Gasteiger partial charge >= 0.3 is 0 Å². The predicted molar refractivity (Wildman–Crippen MR) is 106 cm³/mol. The summed E-state index contributed by atoms with van der Waals surface area (Å²) in [4.78, 5) is 29.4. The highest BCUT2D eigenvalue weighted by Gasteiger charge is 2.32. The standard InChI is InChI=1S/C21H26N4O4/c1-14-11-24(12-15(2)29-14)20(26)18-10-19-21(27)23(8-9-25(19)22-18)13-16-4-6-17(28-3)7-5-16/h4-7,10,14-15H,8-9,11-13H2,1-3H3/t14-,15-/m0/s1. The maximum absolute atomic E-state index is 13.0. The lowest BCUT2D eigenvalue weighted by Gasteiger charge is -2.34. The fraction of sp³-hybridized carbons (Fsp3) is 0.476. The molecule has 2 aliphatic rings. The SMILES string of the molecule is COc1ccc(CN2CCn3nc(C(=O)N4C[C@H](C)O[C@@H](C)C4)cc3C2=O)cc1. The minimum Gasteiger partial charge on any atom is -0.497 e. The van der Waals surface area contributed by atoms with Crippen molar-refractivity contribution >= 4 is 11.8 Å². The van der Waals surface area contributed by atoms with Gasteiger partial charge in [-0.1, -0.05) is 12.1 Å². The molecule has 29 heavy (non-hydrogen) atoms. The van der Waals surface area contributed by atoms with Crippen molar-refractivity contribution in [2.45, 2.75) is 39.1 Å². The topological polar surface area (TPSA) is 76.9 Å². The van der Waals surface area contributed by atoms with Crippen LogP contribution < -0.4 is 4.74 Å². The van der Waals surface area contributed by atoms with Crippen molar-refractivity contribution in [3.05, 3.63) is 47.3 Å². The van der Waals surface area contributed by atoms with Gasteiger partial charge in [0.05, 0.1) is 25.9 Å². The van der Waals surface area contributed by atoms with Gasteiger partial charge in [-0.3, -0.25) is 14.3 Å². The molecule has 2 atom stereocenters. The van der Waals surface area contributed by atoms with Gasteiger partial charge in [0.15, 0.2) is 5.69 Å². The minimum atomic E-state index is -0.150. The second-order valence-corrected chi connectivity index (χ2v) is 7.68. The molecular formula is C21H26N4O4. The first-order valence-electron chi connectivity index (χ1n) is 9.89. The molecule has 3 heterocycles. The van der Waals surface area contributed by atoms with Crippen molar-refractivity contribution < 1.29 is 19.1 Å². The largest absolute Gasteiger partial charge is 0.497 e. The highest BCUT2D eigenvalue weighted by Crippen LogP contribution is 2.20. The van der Waals surface area contributed by atoms with Crippen LogP contribution in [0.1, 0.15) is 40.4 Å². The summed E-state index contributed by atoms with van der Waals surface area (Å²) >= 11 is 0. The Balaban J connectivity index is 1.48. The summed E-state index contributed by atoms with van der Waals surface area (Å²) in [6, 6.07) is 9.29. The molecule has 8 nitrogen and oxygen atoms in total. The number of amides is 2. The molecule has 2 amide bonds. The summed E-state index contributed by atoms with van der Waals surface area (Å²) in [5, 5.41) is 4.41. The molecule has 0 saturated carbocycles. The van der Waals surface area contributed by atoms with Crippen LogP contribution in [0, 0.1) is 0 Å². The molecule has 0 N–H and O–H groups in total. The van der Waals surface area contributed by atoms with Crippen LogP contribution in [0.15, 0.2) is 30.3 Å². The van der Waals surface area contributed by atoms with Crippen molar-refractivity contribution in [3.63, 3.8) is 0 Å². The quantitative estimate of drug-likeness (QED) is 0.785. The number of aromatic nitrogens is 2. The van der Waals surface area contributed by atoms with E-state index >= 15 is 0 Å². The Morgan fingerprint density at radius 2 is 1.86 bits per heavy atom. The van der Waals surface area contributed by atoms with Gasteiger partial charge in [0, 0.05) is 32.2 Å². The number of fused-ring (bicyclic) bond motifs is 1. The van der Waals surface area contributed by atoms with E-state index in [2.05, 4.69) is 5.10 Å². The average molecular weight is 398 g/mol. The van der Waals surface area contributed by atoms with E-state index < -0.39 is 0 Å². The van der Waals surface area contributed by atoms with Gasteiger partial charge in [0.2, 0.25) is 0 Å². The van der Waals surface area contributed by atoms with Crippen molar-refractivity contribution in [2.24, 2.45) is 0 Å². The van der Waals surface area contributed by atoms with Crippen LogP contribution in [0.25, 0.3) is 0 Å². The molecule has 4 rings (SSSR count). The third kappa shape index (κ3) is 3.98. The first-order valence-corrected chi connectivity index (χ1v) is 9.89. The maximum Gasteiger partial charge on any atom is 0.274 e. The average Bonchev–Trinajstić information content (AvgIpc) is 3.14. The number of carbonyl (C=O) groups excluding carboxylic acids is 2. The molecular weight excluding hydrogens is 372 g/mol.